The molecule has 0 saturated carbocycles. The molecule has 0 unspecified atom stereocenters. The Labute approximate surface area is 146 Å². The topological polar surface area (TPSA) is 40.5 Å². The minimum Gasteiger partial charge on any atom is -0.388 e. The standard InChI is InChI=1S/C22H30O2/c1-15(2)13-21(23)19-9-5-17(6-10-19)18-7-11-20(12-8-18)22(24)14-16(3)4/h5-12,15-16,21-24H,13-14H2,1-4H3/t21-,22-/m1/s1. The summed E-state index contributed by atoms with van der Waals surface area (Å²) >= 11 is 0. The van der Waals surface area contributed by atoms with Gasteiger partial charge in [-0.25, -0.2) is 0 Å². The molecule has 0 radical (unpaired) electrons. The minimum atomic E-state index is -0.396. The fourth-order valence-corrected chi connectivity index (χ4v) is 2.96. The summed E-state index contributed by atoms with van der Waals surface area (Å²) in [5.74, 6) is 0.953. The summed E-state index contributed by atoms with van der Waals surface area (Å²) in [6, 6.07) is 16.2. The first-order valence-electron chi connectivity index (χ1n) is 8.93. The van der Waals surface area contributed by atoms with Crippen molar-refractivity contribution in [3.8, 4) is 11.1 Å². The van der Waals surface area contributed by atoms with E-state index in [4.69, 9.17) is 0 Å². The van der Waals surface area contributed by atoms with Crippen LogP contribution in [0.3, 0.4) is 0 Å². The molecular weight excluding hydrogens is 296 g/mol. The van der Waals surface area contributed by atoms with E-state index >= 15 is 0 Å². The van der Waals surface area contributed by atoms with Gasteiger partial charge in [0.05, 0.1) is 12.2 Å². The van der Waals surface area contributed by atoms with E-state index in [1.807, 2.05) is 24.3 Å². The summed E-state index contributed by atoms with van der Waals surface area (Å²) < 4.78 is 0. The first-order chi connectivity index (χ1) is 11.4. The molecule has 2 aromatic rings. The van der Waals surface area contributed by atoms with Crippen LogP contribution in [0.1, 0.15) is 63.9 Å². The van der Waals surface area contributed by atoms with Gasteiger partial charge in [-0.2, -0.15) is 0 Å². The Kier molecular flexibility index (Phi) is 6.59. The van der Waals surface area contributed by atoms with Gasteiger partial charge in [0, 0.05) is 0 Å². The maximum Gasteiger partial charge on any atom is 0.0792 e. The summed E-state index contributed by atoms with van der Waals surface area (Å²) in [6.45, 7) is 8.47. The van der Waals surface area contributed by atoms with Crippen molar-refractivity contribution in [3.63, 3.8) is 0 Å². The lowest BCUT2D eigenvalue weighted by atomic mass is 9.95. The number of rotatable bonds is 7. The summed E-state index contributed by atoms with van der Waals surface area (Å²) in [4.78, 5) is 0. The van der Waals surface area contributed by atoms with E-state index in [0.29, 0.717) is 11.8 Å². The minimum absolute atomic E-state index is 0.396. The quantitative estimate of drug-likeness (QED) is 0.704. The molecule has 0 aliphatic heterocycles. The van der Waals surface area contributed by atoms with Gasteiger partial charge in [-0.1, -0.05) is 76.2 Å². The number of hydrogen-bond donors (Lipinski definition) is 2. The molecule has 0 aliphatic rings. The van der Waals surface area contributed by atoms with Gasteiger partial charge in [0.1, 0.15) is 0 Å². The Hall–Kier alpha value is -1.64. The normalized spacial score (nSPS) is 14.2. The van der Waals surface area contributed by atoms with Crippen LogP contribution in [0.4, 0.5) is 0 Å². The van der Waals surface area contributed by atoms with Crippen LogP contribution in [-0.2, 0) is 0 Å². The summed E-state index contributed by atoms with van der Waals surface area (Å²) in [6.07, 6.45) is 0.768. The predicted octanol–water partition coefficient (Wildman–Crippen LogP) is 5.51. The summed E-state index contributed by atoms with van der Waals surface area (Å²) in [5, 5.41) is 20.4. The number of aliphatic hydroxyl groups is 2. The van der Waals surface area contributed by atoms with Gasteiger partial charge in [-0.05, 0) is 46.9 Å². The zero-order valence-electron chi connectivity index (χ0n) is 15.2. The Balaban J connectivity index is 2.09. The van der Waals surface area contributed by atoms with E-state index in [1.54, 1.807) is 0 Å². The lowest BCUT2D eigenvalue weighted by Gasteiger charge is -2.15. The summed E-state index contributed by atoms with van der Waals surface area (Å²) in [5.41, 5.74) is 4.19. The Bertz CT molecular complexity index is 554. The maximum absolute atomic E-state index is 10.2. The molecule has 130 valence electrons. The predicted molar refractivity (Wildman–Crippen MR) is 101 cm³/mol. The van der Waals surface area contributed by atoms with E-state index in [-0.39, 0.29) is 0 Å². The molecule has 0 amide bonds. The van der Waals surface area contributed by atoms with Crippen LogP contribution in [0.15, 0.2) is 48.5 Å². The van der Waals surface area contributed by atoms with Crippen molar-refractivity contribution in [2.24, 2.45) is 11.8 Å². The van der Waals surface area contributed by atoms with Crippen LogP contribution >= 0.6 is 0 Å². The Morgan fingerprint density at radius 1 is 0.583 bits per heavy atom. The average molecular weight is 326 g/mol. The molecule has 0 spiro atoms. The van der Waals surface area contributed by atoms with Gasteiger partial charge in [-0.15, -0.1) is 0 Å². The third-order valence-electron chi connectivity index (χ3n) is 4.31. The average Bonchev–Trinajstić information content (AvgIpc) is 2.54. The number of hydrogen-bond acceptors (Lipinski definition) is 2. The third-order valence-corrected chi connectivity index (χ3v) is 4.31. The van der Waals surface area contributed by atoms with Crippen LogP contribution < -0.4 is 0 Å². The highest BCUT2D eigenvalue weighted by molar-refractivity contribution is 5.64. The van der Waals surface area contributed by atoms with Gasteiger partial charge < -0.3 is 10.2 Å². The second-order valence-corrected chi connectivity index (χ2v) is 7.53. The third kappa shape index (κ3) is 5.19. The second kappa shape index (κ2) is 8.46. The number of aliphatic hydroxyl groups excluding tert-OH is 2. The molecule has 2 atom stereocenters. The lowest BCUT2D eigenvalue weighted by molar-refractivity contribution is 0.150. The molecule has 2 heteroatoms. The molecular formula is C22H30O2. The molecule has 0 aromatic heterocycles. The first-order valence-corrected chi connectivity index (χ1v) is 8.93. The van der Waals surface area contributed by atoms with Crippen molar-refractivity contribution in [2.75, 3.05) is 0 Å². The molecule has 2 aromatic carbocycles. The zero-order chi connectivity index (χ0) is 17.7. The molecule has 0 aliphatic carbocycles. The van der Waals surface area contributed by atoms with E-state index in [0.717, 1.165) is 35.1 Å². The van der Waals surface area contributed by atoms with Crippen LogP contribution in [0.5, 0.6) is 0 Å². The SMILES string of the molecule is CC(C)C[C@@H](O)c1ccc(-c2ccc([C@H](O)CC(C)C)cc2)cc1. The molecule has 0 saturated heterocycles. The van der Waals surface area contributed by atoms with E-state index < -0.39 is 12.2 Å². The fraction of sp³-hybridized carbons (Fsp3) is 0.455. The summed E-state index contributed by atoms with van der Waals surface area (Å²) in [7, 11) is 0. The Morgan fingerprint density at radius 3 is 1.12 bits per heavy atom. The first kappa shape index (κ1) is 18.7. The van der Waals surface area contributed by atoms with E-state index in [1.165, 1.54) is 0 Å². The zero-order valence-corrected chi connectivity index (χ0v) is 15.2. The maximum atomic E-state index is 10.2. The van der Waals surface area contributed by atoms with Crippen molar-refractivity contribution in [1.29, 1.82) is 0 Å². The highest BCUT2D eigenvalue weighted by Crippen LogP contribution is 2.27. The largest absolute Gasteiger partial charge is 0.388 e. The smallest absolute Gasteiger partial charge is 0.0792 e. The van der Waals surface area contributed by atoms with Crippen LogP contribution in [-0.4, -0.2) is 10.2 Å². The van der Waals surface area contributed by atoms with Crippen LogP contribution in [0.25, 0.3) is 11.1 Å². The van der Waals surface area contributed by atoms with Crippen molar-refractivity contribution in [2.45, 2.75) is 52.7 Å². The molecule has 0 heterocycles. The van der Waals surface area contributed by atoms with Crippen molar-refractivity contribution in [3.05, 3.63) is 59.7 Å². The molecule has 0 fully saturated rings. The number of benzene rings is 2. The Morgan fingerprint density at radius 2 is 0.875 bits per heavy atom. The van der Waals surface area contributed by atoms with Crippen molar-refractivity contribution >= 4 is 0 Å². The van der Waals surface area contributed by atoms with Crippen molar-refractivity contribution in [1.82, 2.24) is 0 Å². The van der Waals surface area contributed by atoms with E-state index in [2.05, 4.69) is 52.0 Å². The molecule has 2 N–H and O–H groups in total. The van der Waals surface area contributed by atoms with Gasteiger partial charge in [0.15, 0.2) is 0 Å². The molecule has 24 heavy (non-hydrogen) atoms. The van der Waals surface area contributed by atoms with Crippen LogP contribution in [0, 0.1) is 11.8 Å². The highest BCUT2D eigenvalue weighted by atomic mass is 16.3. The molecule has 0 bridgehead atoms. The van der Waals surface area contributed by atoms with Gasteiger partial charge in [-0.3, -0.25) is 0 Å². The monoisotopic (exact) mass is 326 g/mol. The lowest BCUT2D eigenvalue weighted by Crippen LogP contribution is -2.02. The van der Waals surface area contributed by atoms with Crippen molar-refractivity contribution < 1.29 is 10.2 Å². The van der Waals surface area contributed by atoms with Gasteiger partial charge >= 0.3 is 0 Å². The van der Waals surface area contributed by atoms with Gasteiger partial charge in [0.2, 0.25) is 0 Å². The fourth-order valence-electron chi connectivity index (χ4n) is 2.96. The van der Waals surface area contributed by atoms with Crippen LogP contribution in [0.2, 0.25) is 0 Å². The van der Waals surface area contributed by atoms with E-state index in [9.17, 15) is 10.2 Å². The van der Waals surface area contributed by atoms with Gasteiger partial charge in [0.25, 0.3) is 0 Å². The molecule has 2 rings (SSSR count). The molecule has 2 nitrogen and oxygen atoms in total. The second-order valence-electron chi connectivity index (χ2n) is 7.53. The highest BCUT2D eigenvalue weighted by Gasteiger charge is 2.11.